The summed E-state index contributed by atoms with van der Waals surface area (Å²) in [5.41, 5.74) is 36.8. The molecule has 3 aromatic rings. The highest BCUT2D eigenvalue weighted by Crippen LogP contribution is 2.47. The minimum atomic E-state index is -1.01. The van der Waals surface area contributed by atoms with Crippen molar-refractivity contribution in [2.45, 2.75) is 12.3 Å². The second-order valence-corrected chi connectivity index (χ2v) is 7.13. The van der Waals surface area contributed by atoms with Crippen LogP contribution in [0.4, 0.5) is 34.1 Å². The fourth-order valence-corrected chi connectivity index (χ4v) is 3.41. The first-order valence-electron chi connectivity index (χ1n) is 8.62. The van der Waals surface area contributed by atoms with Crippen LogP contribution in [0.1, 0.15) is 23.6 Å². The van der Waals surface area contributed by atoms with E-state index in [0.717, 1.165) is 0 Å². The average Bonchev–Trinajstić information content (AvgIpc) is 2.66. The number of nitrogen functional groups attached to an aromatic ring is 6. The SMILES string of the molecule is CC(c1cc(N)c(O)c(N)c1)(c1cc(N)c(O)c(N)c1)c1cc(N)c(O)c(N)c1. The predicted octanol–water partition coefficient (Wildman–Crippen LogP) is 1.65. The van der Waals surface area contributed by atoms with E-state index in [1.165, 1.54) is 0 Å². The number of nitrogens with two attached hydrogens (primary N) is 6. The quantitative estimate of drug-likeness (QED) is 0.178. The smallest absolute Gasteiger partial charge is 0.161 e. The molecule has 0 amide bonds. The summed E-state index contributed by atoms with van der Waals surface area (Å²) in [6.45, 7) is 1.83. The van der Waals surface area contributed by atoms with Gasteiger partial charge in [0.05, 0.1) is 34.1 Å². The predicted molar refractivity (Wildman–Crippen MR) is 116 cm³/mol. The Morgan fingerprint density at radius 2 is 0.655 bits per heavy atom. The standard InChI is InChI=1S/C20H24N6O3/c1-20(8-2-11(21)17(27)12(22)3-8,9-4-13(23)18(28)14(24)5-9)10-6-15(25)19(29)16(26)7-10/h2-7,27-29H,21-26H2,1H3. The third-order valence-corrected chi connectivity index (χ3v) is 5.24. The van der Waals surface area contributed by atoms with Crippen molar-refractivity contribution in [2.75, 3.05) is 34.4 Å². The lowest BCUT2D eigenvalue weighted by Gasteiger charge is -2.33. The Hall–Kier alpha value is -4.14. The highest BCUT2D eigenvalue weighted by molar-refractivity contribution is 5.76. The van der Waals surface area contributed by atoms with E-state index in [9.17, 15) is 15.3 Å². The molecule has 0 saturated heterocycles. The summed E-state index contributed by atoms with van der Waals surface area (Å²) < 4.78 is 0. The lowest BCUT2D eigenvalue weighted by molar-refractivity contribution is 0.479. The second-order valence-electron chi connectivity index (χ2n) is 7.13. The van der Waals surface area contributed by atoms with E-state index in [-0.39, 0.29) is 51.4 Å². The van der Waals surface area contributed by atoms with Crippen molar-refractivity contribution in [1.82, 2.24) is 0 Å². The zero-order valence-corrected chi connectivity index (χ0v) is 15.8. The fraction of sp³-hybridized carbons (Fsp3) is 0.100. The monoisotopic (exact) mass is 396 g/mol. The van der Waals surface area contributed by atoms with Gasteiger partial charge in [0.15, 0.2) is 17.2 Å². The van der Waals surface area contributed by atoms with E-state index in [4.69, 9.17) is 34.4 Å². The lowest BCUT2D eigenvalue weighted by atomic mass is 9.70. The molecule has 0 bridgehead atoms. The van der Waals surface area contributed by atoms with E-state index >= 15 is 0 Å². The highest BCUT2D eigenvalue weighted by Gasteiger charge is 2.34. The molecule has 15 N–H and O–H groups in total. The summed E-state index contributed by atoms with van der Waals surface area (Å²) in [5.74, 6) is -0.693. The molecule has 0 spiro atoms. The summed E-state index contributed by atoms with van der Waals surface area (Å²) >= 11 is 0. The van der Waals surface area contributed by atoms with Gasteiger partial charge in [0.1, 0.15) is 0 Å². The van der Waals surface area contributed by atoms with E-state index in [0.29, 0.717) is 16.7 Å². The largest absolute Gasteiger partial charge is 0.504 e. The zero-order valence-electron chi connectivity index (χ0n) is 15.8. The number of phenols is 3. The zero-order chi connectivity index (χ0) is 21.7. The number of benzene rings is 3. The van der Waals surface area contributed by atoms with Gasteiger partial charge in [-0.2, -0.15) is 0 Å². The van der Waals surface area contributed by atoms with Gasteiger partial charge in [-0.05, 0) is 60.0 Å². The minimum absolute atomic E-state index is 0.0747. The molecular formula is C20H24N6O3. The molecule has 0 heterocycles. The molecule has 0 radical (unpaired) electrons. The van der Waals surface area contributed by atoms with Gasteiger partial charge in [0.2, 0.25) is 0 Å². The van der Waals surface area contributed by atoms with Crippen LogP contribution in [0.25, 0.3) is 0 Å². The van der Waals surface area contributed by atoms with E-state index in [1.54, 1.807) is 36.4 Å². The molecule has 0 aliphatic carbocycles. The van der Waals surface area contributed by atoms with Gasteiger partial charge in [0.25, 0.3) is 0 Å². The molecule has 0 aliphatic rings. The molecule has 0 atom stereocenters. The fourth-order valence-electron chi connectivity index (χ4n) is 3.41. The highest BCUT2D eigenvalue weighted by atomic mass is 16.3. The number of hydrogen-bond donors (Lipinski definition) is 9. The Morgan fingerprint density at radius 3 is 0.828 bits per heavy atom. The molecule has 0 saturated carbocycles. The number of aromatic hydroxyl groups is 3. The van der Waals surface area contributed by atoms with Gasteiger partial charge < -0.3 is 49.7 Å². The third kappa shape index (κ3) is 2.98. The van der Waals surface area contributed by atoms with Crippen molar-refractivity contribution in [3.63, 3.8) is 0 Å². The van der Waals surface area contributed by atoms with Crippen molar-refractivity contribution < 1.29 is 15.3 Å². The van der Waals surface area contributed by atoms with Crippen molar-refractivity contribution in [2.24, 2.45) is 0 Å². The molecule has 152 valence electrons. The Labute approximate surface area is 167 Å². The molecular weight excluding hydrogens is 372 g/mol. The second kappa shape index (κ2) is 6.48. The van der Waals surface area contributed by atoms with Gasteiger partial charge in [-0.1, -0.05) is 0 Å². The minimum Gasteiger partial charge on any atom is -0.504 e. The average molecular weight is 396 g/mol. The number of hydrogen-bond acceptors (Lipinski definition) is 9. The van der Waals surface area contributed by atoms with Crippen LogP contribution < -0.4 is 34.4 Å². The van der Waals surface area contributed by atoms with Gasteiger partial charge in [-0.3, -0.25) is 0 Å². The maximum absolute atomic E-state index is 9.99. The van der Waals surface area contributed by atoms with Crippen LogP contribution in [0.5, 0.6) is 17.2 Å². The summed E-state index contributed by atoms with van der Waals surface area (Å²) in [4.78, 5) is 0. The molecule has 0 aliphatic heterocycles. The normalized spacial score (nSPS) is 11.5. The summed E-state index contributed by atoms with van der Waals surface area (Å²) in [6.07, 6.45) is 0. The number of phenolic OH excluding ortho intramolecular Hbond substituents is 3. The van der Waals surface area contributed by atoms with Gasteiger partial charge in [0, 0.05) is 5.41 Å². The summed E-state index contributed by atoms with van der Waals surface area (Å²) in [7, 11) is 0. The maximum Gasteiger partial charge on any atom is 0.161 e. The Bertz CT molecular complexity index is 921. The van der Waals surface area contributed by atoms with Crippen LogP contribution in [0.2, 0.25) is 0 Å². The molecule has 3 aromatic carbocycles. The van der Waals surface area contributed by atoms with Gasteiger partial charge in [-0.15, -0.1) is 0 Å². The van der Waals surface area contributed by atoms with Crippen LogP contribution in [0.3, 0.4) is 0 Å². The van der Waals surface area contributed by atoms with Crippen molar-refractivity contribution in [3.05, 3.63) is 53.1 Å². The van der Waals surface area contributed by atoms with Crippen molar-refractivity contribution >= 4 is 34.1 Å². The molecule has 29 heavy (non-hydrogen) atoms. The van der Waals surface area contributed by atoms with Crippen molar-refractivity contribution in [1.29, 1.82) is 0 Å². The van der Waals surface area contributed by atoms with Crippen LogP contribution in [-0.4, -0.2) is 15.3 Å². The lowest BCUT2D eigenvalue weighted by Crippen LogP contribution is -2.26. The molecule has 0 fully saturated rings. The van der Waals surface area contributed by atoms with E-state index in [1.807, 2.05) is 6.92 Å². The Balaban J connectivity index is 2.42. The van der Waals surface area contributed by atoms with Crippen LogP contribution in [-0.2, 0) is 5.41 Å². The van der Waals surface area contributed by atoms with Gasteiger partial charge in [-0.25, -0.2) is 0 Å². The first-order valence-corrected chi connectivity index (χ1v) is 8.62. The molecule has 9 heteroatoms. The number of anilines is 6. The first kappa shape index (κ1) is 19.6. The summed E-state index contributed by atoms with van der Waals surface area (Å²) in [5, 5.41) is 30.0. The van der Waals surface area contributed by atoms with Crippen LogP contribution >= 0.6 is 0 Å². The molecule has 0 unspecified atom stereocenters. The third-order valence-electron chi connectivity index (χ3n) is 5.24. The first-order chi connectivity index (χ1) is 13.5. The Morgan fingerprint density at radius 1 is 0.483 bits per heavy atom. The Kier molecular flexibility index (Phi) is 4.38. The summed E-state index contributed by atoms with van der Waals surface area (Å²) in [6, 6.07) is 9.36. The molecule has 3 rings (SSSR count). The van der Waals surface area contributed by atoms with Crippen LogP contribution in [0, 0.1) is 0 Å². The number of rotatable bonds is 3. The van der Waals surface area contributed by atoms with Gasteiger partial charge >= 0.3 is 0 Å². The van der Waals surface area contributed by atoms with E-state index < -0.39 is 5.41 Å². The maximum atomic E-state index is 9.99. The molecule has 0 aromatic heterocycles. The van der Waals surface area contributed by atoms with Crippen molar-refractivity contribution in [3.8, 4) is 17.2 Å². The van der Waals surface area contributed by atoms with E-state index in [2.05, 4.69) is 0 Å². The topological polar surface area (TPSA) is 217 Å². The van der Waals surface area contributed by atoms with Crippen LogP contribution in [0.15, 0.2) is 36.4 Å². The molecule has 9 nitrogen and oxygen atoms in total.